The molecular formula is C26H21FN4O4. The van der Waals surface area contributed by atoms with E-state index < -0.39 is 11.4 Å². The zero-order valence-electron chi connectivity index (χ0n) is 18.8. The van der Waals surface area contributed by atoms with Crippen molar-refractivity contribution >= 4 is 27.5 Å². The van der Waals surface area contributed by atoms with Crippen LogP contribution >= 0.6 is 0 Å². The molecule has 4 heterocycles. The lowest BCUT2D eigenvalue weighted by Gasteiger charge is -2.34. The minimum Gasteiger partial charge on any atom is -0.508 e. The topological polar surface area (TPSA) is 101 Å². The normalized spacial score (nSPS) is 19.3. The Bertz CT molecular complexity index is 1600. The van der Waals surface area contributed by atoms with Gasteiger partial charge in [-0.2, -0.15) is 9.97 Å². The number of methoxy groups -OCH3 is 1. The van der Waals surface area contributed by atoms with Gasteiger partial charge < -0.3 is 24.5 Å². The molecule has 2 aliphatic heterocycles. The molecule has 2 saturated heterocycles. The average molecular weight is 472 g/mol. The van der Waals surface area contributed by atoms with E-state index in [1.165, 1.54) is 31.4 Å². The summed E-state index contributed by atoms with van der Waals surface area (Å²) >= 11 is 0. The van der Waals surface area contributed by atoms with Gasteiger partial charge in [0.2, 0.25) is 0 Å². The first kappa shape index (κ1) is 21.4. The largest absolute Gasteiger partial charge is 0.508 e. The van der Waals surface area contributed by atoms with E-state index in [1.807, 2.05) is 0 Å². The lowest BCUT2D eigenvalue weighted by atomic mass is 9.96. The van der Waals surface area contributed by atoms with Gasteiger partial charge in [0.05, 0.1) is 18.2 Å². The second-order valence-electron chi connectivity index (χ2n) is 8.89. The Morgan fingerprint density at radius 3 is 2.69 bits per heavy atom. The third-order valence-electron chi connectivity index (χ3n) is 6.73. The summed E-state index contributed by atoms with van der Waals surface area (Å²) in [7, 11) is 1.46. The molecule has 2 aliphatic rings. The Kier molecular flexibility index (Phi) is 4.86. The Morgan fingerprint density at radius 1 is 1.20 bits per heavy atom. The van der Waals surface area contributed by atoms with Crippen LogP contribution in [0.3, 0.4) is 0 Å². The molecule has 0 saturated carbocycles. The van der Waals surface area contributed by atoms with Crippen molar-refractivity contribution in [2.24, 2.45) is 0 Å². The fraction of sp³-hybridized carbons (Fsp3) is 0.269. The van der Waals surface area contributed by atoms with Crippen LogP contribution in [0.4, 0.5) is 10.2 Å². The van der Waals surface area contributed by atoms with Crippen LogP contribution in [0.2, 0.25) is 0 Å². The van der Waals surface area contributed by atoms with Gasteiger partial charge in [0, 0.05) is 42.2 Å². The van der Waals surface area contributed by atoms with Crippen molar-refractivity contribution in [2.45, 2.75) is 24.9 Å². The number of phenolic OH excluding ortho intramolecular Hbond substituents is 1. The van der Waals surface area contributed by atoms with Gasteiger partial charge >= 0.3 is 11.6 Å². The minimum absolute atomic E-state index is 0.0116. The molecular weight excluding hydrogens is 451 g/mol. The molecule has 2 fully saturated rings. The number of benzene rings is 2. The van der Waals surface area contributed by atoms with E-state index in [2.05, 4.69) is 26.1 Å². The van der Waals surface area contributed by atoms with Crippen LogP contribution in [0.5, 0.6) is 11.8 Å². The van der Waals surface area contributed by atoms with Crippen LogP contribution in [-0.2, 0) is 0 Å². The van der Waals surface area contributed by atoms with Gasteiger partial charge in [-0.15, -0.1) is 6.42 Å². The maximum atomic E-state index is 14.5. The van der Waals surface area contributed by atoms with Crippen molar-refractivity contribution in [3.8, 4) is 35.4 Å². The van der Waals surface area contributed by atoms with Crippen molar-refractivity contribution in [1.29, 1.82) is 0 Å². The molecule has 2 aromatic carbocycles. The molecule has 6 rings (SSSR count). The first-order valence-corrected chi connectivity index (χ1v) is 11.3. The molecule has 4 aromatic rings. The monoisotopic (exact) mass is 472 g/mol. The predicted octanol–water partition coefficient (Wildman–Crippen LogP) is 3.18. The number of hydrogen-bond acceptors (Lipinski definition) is 8. The third-order valence-corrected chi connectivity index (χ3v) is 6.73. The van der Waals surface area contributed by atoms with Crippen molar-refractivity contribution in [1.82, 2.24) is 15.3 Å². The summed E-state index contributed by atoms with van der Waals surface area (Å²) in [4.78, 5) is 24.3. The van der Waals surface area contributed by atoms with Crippen molar-refractivity contribution in [3.05, 3.63) is 52.1 Å². The number of fused-ring (bicyclic) bond motifs is 4. The number of ether oxygens (including phenoxy) is 1. The molecule has 2 N–H and O–H groups in total. The fourth-order valence-corrected chi connectivity index (χ4v) is 5.23. The highest BCUT2D eigenvalue weighted by Gasteiger charge is 2.34. The minimum atomic E-state index is -0.642. The zero-order chi connectivity index (χ0) is 24.3. The molecule has 0 spiro atoms. The van der Waals surface area contributed by atoms with Crippen LogP contribution in [0.15, 0.2) is 39.5 Å². The van der Waals surface area contributed by atoms with Gasteiger partial charge in [0.1, 0.15) is 22.7 Å². The highest BCUT2D eigenvalue weighted by molar-refractivity contribution is 6.02. The molecule has 0 aliphatic carbocycles. The second kappa shape index (κ2) is 7.96. The van der Waals surface area contributed by atoms with Crippen molar-refractivity contribution in [3.63, 3.8) is 0 Å². The van der Waals surface area contributed by atoms with E-state index >= 15 is 0 Å². The average Bonchev–Trinajstić information content (AvgIpc) is 3.19. The van der Waals surface area contributed by atoms with Crippen molar-refractivity contribution in [2.75, 3.05) is 25.1 Å². The Hall–Kier alpha value is -4.16. The Labute approximate surface area is 199 Å². The quantitative estimate of drug-likeness (QED) is 0.439. The second-order valence-corrected chi connectivity index (χ2v) is 8.89. The number of rotatable bonds is 3. The van der Waals surface area contributed by atoms with E-state index in [1.54, 1.807) is 6.07 Å². The number of aromatic nitrogens is 2. The van der Waals surface area contributed by atoms with Crippen LogP contribution < -0.4 is 20.6 Å². The van der Waals surface area contributed by atoms with Crippen LogP contribution in [0.1, 0.15) is 18.4 Å². The number of nitrogens with one attached hydrogen (secondary N) is 1. The number of anilines is 1. The number of phenols is 1. The standard InChI is InChI=1S/C26H21FN4O4/c1-3-17-19(27)7-4-13-8-16(32)9-18(22(13)17)21-10-20-23(25(33)35-21)24(30-26(29-20)34-2)31-11-14-5-6-15(12-31)28-14/h1,4,7-10,14-15,28,32H,5-6,11-12H2,2H3. The molecule has 2 aromatic heterocycles. The van der Waals surface area contributed by atoms with E-state index in [9.17, 15) is 14.3 Å². The maximum Gasteiger partial charge on any atom is 0.349 e. The highest BCUT2D eigenvalue weighted by Crippen LogP contribution is 2.37. The van der Waals surface area contributed by atoms with Crippen LogP contribution in [0.25, 0.3) is 33.0 Å². The number of piperazine rings is 1. The molecule has 176 valence electrons. The number of aromatic hydroxyl groups is 1. The number of terminal acetylenes is 1. The maximum absolute atomic E-state index is 14.5. The highest BCUT2D eigenvalue weighted by atomic mass is 19.1. The van der Waals surface area contributed by atoms with Gasteiger partial charge in [-0.1, -0.05) is 12.0 Å². The molecule has 2 bridgehead atoms. The number of halogens is 1. The molecule has 0 radical (unpaired) electrons. The summed E-state index contributed by atoms with van der Waals surface area (Å²) in [6.45, 7) is 1.41. The van der Waals surface area contributed by atoms with Gasteiger partial charge in [-0.25, -0.2) is 9.18 Å². The fourth-order valence-electron chi connectivity index (χ4n) is 5.23. The summed E-state index contributed by atoms with van der Waals surface area (Å²) in [6, 6.07) is 7.95. The zero-order valence-corrected chi connectivity index (χ0v) is 18.8. The summed E-state index contributed by atoms with van der Waals surface area (Å²) in [5.74, 6) is 2.25. The smallest absolute Gasteiger partial charge is 0.349 e. The van der Waals surface area contributed by atoms with Gasteiger partial charge in [-0.05, 0) is 36.4 Å². The van der Waals surface area contributed by atoms with E-state index in [0.29, 0.717) is 47.3 Å². The predicted molar refractivity (Wildman–Crippen MR) is 129 cm³/mol. The lowest BCUT2D eigenvalue weighted by molar-refractivity contribution is 0.380. The van der Waals surface area contributed by atoms with E-state index in [-0.39, 0.29) is 34.0 Å². The molecule has 9 heteroatoms. The number of hydrogen-bond donors (Lipinski definition) is 2. The molecule has 35 heavy (non-hydrogen) atoms. The molecule has 2 atom stereocenters. The van der Waals surface area contributed by atoms with Crippen LogP contribution in [-0.4, -0.2) is 47.4 Å². The van der Waals surface area contributed by atoms with E-state index in [4.69, 9.17) is 15.6 Å². The summed E-state index contributed by atoms with van der Waals surface area (Å²) in [5, 5.41) is 15.0. The SMILES string of the molecule is C#Cc1c(F)ccc2cc(O)cc(-c3cc4nc(OC)nc(N5CC6CCC(C5)N6)c4c(=O)o3)c12. The van der Waals surface area contributed by atoms with Gasteiger partial charge in [0.15, 0.2) is 5.82 Å². The third kappa shape index (κ3) is 3.45. The lowest BCUT2D eigenvalue weighted by Crippen LogP contribution is -2.51. The Balaban J connectivity index is 1.60. The molecule has 2 unspecified atom stereocenters. The summed E-state index contributed by atoms with van der Waals surface area (Å²) in [6.07, 6.45) is 7.73. The van der Waals surface area contributed by atoms with Crippen LogP contribution in [0, 0.1) is 18.2 Å². The summed E-state index contributed by atoms with van der Waals surface area (Å²) in [5.41, 5.74) is -0.0291. The van der Waals surface area contributed by atoms with E-state index in [0.717, 1.165) is 12.8 Å². The Morgan fingerprint density at radius 2 is 1.97 bits per heavy atom. The molecule has 0 amide bonds. The van der Waals surface area contributed by atoms with Crippen molar-refractivity contribution < 1.29 is 18.7 Å². The first-order valence-electron chi connectivity index (χ1n) is 11.3. The summed E-state index contributed by atoms with van der Waals surface area (Å²) < 4.78 is 25.6. The van der Waals surface area contributed by atoms with Gasteiger partial charge in [-0.3, -0.25) is 0 Å². The number of nitrogens with zero attached hydrogens (tertiary/aromatic N) is 3. The van der Waals surface area contributed by atoms with Gasteiger partial charge in [0.25, 0.3) is 0 Å². The molecule has 8 nitrogen and oxygen atoms in total. The first-order chi connectivity index (χ1) is 16.9.